The van der Waals surface area contributed by atoms with Crippen LogP contribution in [0.5, 0.6) is 5.75 Å². The Morgan fingerprint density at radius 2 is 1.56 bits per heavy atom. The first-order chi connectivity index (χ1) is 13.0. The quantitative estimate of drug-likeness (QED) is 0.469. The summed E-state index contributed by atoms with van der Waals surface area (Å²) in [6.45, 7) is 4.01. The molecule has 0 fully saturated rings. The molecule has 0 saturated carbocycles. The van der Waals surface area contributed by atoms with Crippen molar-refractivity contribution in [1.29, 1.82) is 5.26 Å². The molecule has 3 aromatic carbocycles. The maximum absolute atomic E-state index is 9.59. The van der Waals surface area contributed by atoms with Crippen LogP contribution in [0.25, 0.3) is 11.1 Å². The first-order valence-corrected chi connectivity index (χ1v) is 9.46. The van der Waals surface area contributed by atoms with Crippen LogP contribution >= 0.6 is 23.2 Å². The van der Waals surface area contributed by atoms with Crippen molar-refractivity contribution in [2.24, 2.45) is 0 Å². The van der Waals surface area contributed by atoms with Crippen molar-refractivity contribution in [3.8, 4) is 22.9 Å². The molecule has 0 saturated heterocycles. The molecule has 0 aliphatic heterocycles. The van der Waals surface area contributed by atoms with Gasteiger partial charge in [0.1, 0.15) is 5.75 Å². The average molecular weight is 396 g/mol. The van der Waals surface area contributed by atoms with E-state index in [9.17, 15) is 5.26 Å². The molecule has 0 spiro atoms. The average Bonchev–Trinajstić information content (AvgIpc) is 2.65. The molecule has 0 heterocycles. The van der Waals surface area contributed by atoms with Gasteiger partial charge < -0.3 is 4.74 Å². The summed E-state index contributed by atoms with van der Waals surface area (Å²) in [7, 11) is 0. The van der Waals surface area contributed by atoms with Crippen LogP contribution in [0.4, 0.5) is 0 Å². The summed E-state index contributed by atoms with van der Waals surface area (Å²) in [5.74, 6) is 0.851. The van der Waals surface area contributed by atoms with Crippen LogP contribution in [-0.2, 0) is 6.42 Å². The summed E-state index contributed by atoms with van der Waals surface area (Å²) in [4.78, 5) is 0. The standard InChI is InChI=1S/C23H19Cl2NO/c1-15(2)27-21-8-3-16(4-9-21)11-17-5-6-18(12-20(17)14-26)19-7-10-22(24)23(25)13-19/h3-10,12-13,15H,11H2,1-2H3. The molecule has 0 aliphatic carbocycles. The lowest BCUT2D eigenvalue weighted by Crippen LogP contribution is -2.05. The van der Waals surface area contributed by atoms with Crippen LogP contribution in [-0.4, -0.2) is 6.10 Å². The molecule has 136 valence electrons. The third kappa shape index (κ3) is 4.83. The van der Waals surface area contributed by atoms with E-state index in [0.717, 1.165) is 28.0 Å². The Labute approximate surface area is 169 Å². The van der Waals surface area contributed by atoms with Gasteiger partial charge in [0.2, 0.25) is 0 Å². The van der Waals surface area contributed by atoms with E-state index in [1.807, 2.05) is 68.4 Å². The molecule has 0 N–H and O–H groups in total. The van der Waals surface area contributed by atoms with Crippen LogP contribution in [0.2, 0.25) is 10.0 Å². The van der Waals surface area contributed by atoms with Crippen molar-refractivity contribution in [2.75, 3.05) is 0 Å². The smallest absolute Gasteiger partial charge is 0.119 e. The topological polar surface area (TPSA) is 33.0 Å². The van der Waals surface area contributed by atoms with Crippen molar-refractivity contribution in [2.45, 2.75) is 26.4 Å². The maximum atomic E-state index is 9.59. The SMILES string of the molecule is CC(C)Oc1ccc(Cc2ccc(-c3ccc(Cl)c(Cl)c3)cc2C#N)cc1. The zero-order valence-corrected chi connectivity index (χ0v) is 16.7. The number of hydrogen-bond acceptors (Lipinski definition) is 2. The molecule has 2 nitrogen and oxygen atoms in total. The number of rotatable bonds is 5. The highest BCUT2D eigenvalue weighted by Crippen LogP contribution is 2.30. The second-order valence-electron chi connectivity index (χ2n) is 6.60. The second-order valence-corrected chi connectivity index (χ2v) is 7.41. The van der Waals surface area contributed by atoms with Gasteiger partial charge >= 0.3 is 0 Å². The third-order valence-corrected chi connectivity index (χ3v) is 4.91. The Kier molecular flexibility index (Phi) is 6.06. The lowest BCUT2D eigenvalue weighted by molar-refractivity contribution is 0.242. The van der Waals surface area contributed by atoms with E-state index < -0.39 is 0 Å². The van der Waals surface area contributed by atoms with E-state index in [2.05, 4.69) is 6.07 Å². The van der Waals surface area contributed by atoms with Gasteiger partial charge in [0.25, 0.3) is 0 Å². The largest absolute Gasteiger partial charge is 0.491 e. The molecule has 3 aromatic rings. The van der Waals surface area contributed by atoms with Crippen molar-refractivity contribution < 1.29 is 4.74 Å². The van der Waals surface area contributed by atoms with E-state index in [-0.39, 0.29) is 6.10 Å². The fourth-order valence-electron chi connectivity index (χ4n) is 2.87. The van der Waals surface area contributed by atoms with Gasteiger partial charge in [-0.25, -0.2) is 0 Å². The Bertz CT molecular complexity index is 988. The van der Waals surface area contributed by atoms with E-state index in [4.69, 9.17) is 27.9 Å². The molecule has 0 bridgehead atoms. The van der Waals surface area contributed by atoms with E-state index in [0.29, 0.717) is 22.0 Å². The first-order valence-electron chi connectivity index (χ1n) is 8.70. The van der Waals surface area contributed by atoms with Crippen molar-refractivity contribution in [3.05, 3.63) is 87.4 Å². The molecule has 0 radical (unpaired) electrons. The monoisotopic (exact) mass is 395 g/mol. The van der Waals surface area contributed by atoms with Crippen LogP contribution in [0, 0.1) is 11.3 Å². The van der Waals surface area contributed by atoms with Crippen molar-refractivity contribution >= 4 is 23.2 Å². The molecule has 4 heteroatoms. The van der Waals surface area contributed by atoms with Gasteiger partial charge in [-0.2, -0.15) is 5.26 Å². The fraction of sp³-hybridized carbons (Fsp3) is 0.174. The minimum Gasteiger partial charge on any atom is -0.491 e. The summed E-state index contributed by atoms with van der Waals surface area (Å²) in [6.07, 6.45) is 0.835. The molecule has 0 unspecified atom stereocenters. The molecule has 0 amide bonds. The van der Waals surface area contributed by atoms with Crippen molar-refractivity contribution in [3.63, 3.8) is 0 Å². The lowest BCUT2D eigenvalue weighted by atomic mass is 9.96. The van der Waals surface area contributed by atoms with Gasteiger partial charge in [-0.1, -0.05) is 53.5 Å². The predicted octanol–water partition coefficient (Wildman–Crippen LogP) is 6.91. The lowest BCUT2D eigenvalue weighted by Gasteiger charge is -2.11. The predicted molar refractivity (Wildman–Crippen MR) is 112 cm³/mol. The minimum absolute atomic E-state index is 0.148. The Morgan fingerprint density at radius 1 is 0.889 bits per heavy atom. The molecule has 3 rings (SSSR count). The van der Waals surface area contributed by atoms with E-state index >= 15 is 0 Å². The van der Waals surface area contributed by atoms with Gasteiger partial charge in [-0.15, -0.1) is 0 Å². The highest BCUT2D eigenvalue weighted by atomic mass is 35.5. The number of hydrogen-bond donors (Lipinski definition) is 0. The molecule has 0 atom stereocenters. The van der Waals surface area contributed by atoms with Crippen LogP contribution in [0.3, 0.4) is 0 Å². The van der Waals surface area contributed by atoms with Crippen LogP contribution in [0.1, 0.15) is 30.5 Å². The molecule has 0 aliphatic rings. The Morgan fingerprint density at radius 3 is 2.19 bits per heavy atom. The molecule has 0 aromatic heterocycles. The molecular weight excluding hydrogens is 377 g/mol. The van der Waals surface area contributed by atoms with Gasteiger partial charge in [-0.05, 0) is 72.9 Å². The van der Waals surface area contributed by atoms with E-state index in [1.165, 1.54) is 0 Å². The van der Waals surface area contributed by atoms with Gasteiger partial charge in [-0.3, -0.25) is 0 Å². The molecular formula is C23H19Cl2NO. The second kappa shape index (κ2) is 8.48. The van der Waals surface area contributed by atoms with E-state index in [1.54, 1.807) is 6.07 Å². The van der Waals surface area contributed by atoms with Gasteiger partial charge in [0.05, 0.1) is 27.8 Å². The zero-order valence-electron chi connectivity index (χ0n) is 15.2. The summed E-state index contributed by atoms with van der Waals surface area (Å²) >= 11 is 12.1. The summed E-state index contributed by atoms with van der Waals surface area (Å²) in [5, 5.41) is 10.6. The van der Waals surface area contributed by atoms with Gasteiger partial charge in [0, 0.05) is 0 Å². The summed E-state index contributed by atoms with van der Waals surface area (Å²) in [5.41, 5.74) is 4.64. The number of nitriles is 1. The zero-order chi connectivity index (χ0) is 19.4. The number of nitrogens with zero attached hydrogens (tertiary/aromatic N) is 1. The Balaban J connectivity index is 1.84. The van der Waals surface area contributed by atoms with Crippen molar-refractivity contribution in [1.82, 2.24) is 0 Å². The highest BCUT2D eigenvalue weighted by molar-refractivity contribution is 6.42. The van der Waals surface area contributed by atoms with Gasteiger partial charge in [0.15, 0.2) is 0 Å². The highest BCUT2D eigenvalue weighted by Gasteiger charge is 2.08. The number of halogens is 2. The van der Waals surface area contributed by atoms with Crippen LogP contribution in [0.15, 0.2) is 60.7 Å². The Hall–Kier alpha value is -2.47. The minimum atomic E-state index is 0.148. The number of benzene rings is 3. The third-order valence-electron chi connectivity index (χ3n) is 4.17. The first kappa shape index (κ1) is 19.3. The normalized spacial score (nSPS) is 10.7. The summed E-state index contributed by atoms with van der Waals surface area (Å²) in [6, 6.07) is 21.7. The number of ether oxygens (including phenoxy) is 1. The summed E-state index contributed by atoms with van der Waals surface area (Å²) < 4.78 is 5.67. The maximum Gasteiger partial charge on any atom is 0.119 e. The van der Waals surface area contributed by atoms with Crippen LogP contribution < -0.4 is 4.74 Å². The molecule has 27 heavy (non-hydrogen) atoms. The fourth-order valence-corrected chi connectivity index (χ4v) is 3.17.